The van der Waals surface area contributed by atoms with Gasteiger partial charge < -0.3 is 30.7 Å². The summed E-state index contributed by atoms with van der Waals surface area (Å²) in [5, 5.41) is 22.2. The maximum absolute atomic E-state index is 12.6. The monoisotopic (exact) mass is 496 g/mol. The number of ether oxygens (including phenoxy) is 2. The molecule has 36 heavy (non-hydrogen) atoms. The van der Waals surface area contributed by atoms with Crippen LogP contribution in [-0.4, -0.2) is 53.4 Å². The first-order valence-electron chi connectivity index (χ1n) is 12.3. The molecular weight excluding hydrogens is 464 g/mol. The van der Waals surface area contributed by atoms with Gasteiger partial charge in [-0.1, -0.05) is 30.3 Å². The first kappa shape index (κ1) is 25.5. The second-order valence-electron chi connectivity index (χ2n) is 9.35. The van der Waals surface area contributed by atoms with Gasteiger partial charge in [-0.05, 0) is 61.4 Å². The second-order valence-corrected chi connectivity index (χ2v) is 9.35. The van der Waals surface area contributed by atoms with E-state index in [1.54, 1.807) is 12.1 Å². The van der Waals surface area contributed by atoms with Crippen LogP contribution in [0.2, 0.25) is 0 Å². The third kappa shape index (κ3) is 5.79. The molecule has 1 amide bonds. The van der Waals surface area contributed by atoms with Crippen LogP contribution in [0.4, 0.5) is 0 Å². The summed E-state index contributed by atoms with van der Waals surface area (Å²) in [5.41, 5.74) is 8.43. The Bertz CT molecular complexity index is 1130. The molecule has 4 rings (SSSR count). The van der Waals surface area contributed by atoms with Crippen molar-refractivity contribution >= 4 is 17.8 Å². The molecule has 9 nitrogen and oxygen atoms in total. The van der Waals surface area contributed by atoms with Crippen molar-refractivity contribution in [3.05, 3.63) is 58.7 Å². The molecule has 5 N–H and O–H groups in total. The first-order valence-corrected chi connectivity index (χ1v) is 12.3. The van der Waals surface area contributed by atoms with Crippen molar-refractivity contribution in [1.82, 2.24) is 5.32 Å². The molecule has 1 heterocycles. The molecule has 0 fully saturated rings. The molecule has 0 bridgehead atoms. The number of amides is 1. The molecule has 1 aliphatic heterocycles. The van der Waals surface area contributed by atoms with E-state index in [4.69, 9.17) is 20.3 Å². The van der Waals surface area contributed by atoms with E-state index >= 15 is 0 Å². The van der Waals surface area contributed by atoms with Gasteiger partial charge in [-0.3, -0.25) is 9.59 Å². The average molecular weight is 497 g/mol. The number of aromatic carboxylic acids is 1. The summed E-state index contributed by atoms with van der Waals surface area (Å²) in [7, 11) is 0. The quantitative estimate of drug-likeness (QED) is 0.347. The Morgan fingerprint density at radius 3 is 2.61 bits per heavy atom. The summed E-state index contributed by atoms with van der Waals surface area (Å²) < 4.78 is 11.7. The molecule has 1 aliphatic carbocycles. The summed E-state index contributed by atoms with van der Waals surface area (Å²) in [6, 6.07) is 11.3. The zero-order chi connectivity index (χ0) is 25.7. The minimum atomic E-state index is -1.12. The highest BCUT2D eigenvalue weighted by atomic mass is 16.6. The Kier molecular flexibility index (Phi) is 8.10. The number of hydrogen-bond acceptors (Lipinski definition) is 6. The predicted octanol–water partition coefficient (Wildman–Crippen LogP) is 2.89. The number of nitrogens with two attached hydrogens (primary N) is 1. The Labute approximate surface area is 209 Å². The summed E-state index contributed by atoms with van der Waals surface area (Å²) in [5.74, 6) is -1.70. The number of hydrogen-bond donors (Lipinski definition) is 4. The molecule has 2 aliphatic rings. The number of carboxylic acid groups (broad SMARTS) is 2. The fourth-order valence-corrected chi connectivity index (χ4v) is 5.09. The Hall–Kier alpha value is -3.59. The molecule has 3 atom stereocenters. The van der Waals surface area contributed by atoms with Crippen molar-refractivity contribution in [2.75, 3.05) is 13.2 Å². The van der Waals surface area contributed by atoms with Gasteiger partial charge in [0.15, 0.2) is 11.5 Å². The highest BCUT2D eigenvalue weighted by Crippen LogP contribution is 2.42. The van der Waals surface area contributed by atoms with Crippen LogP contribution in [0.25, 0.3) is 0 Å². The SMILES string of the molecule is NCCCCC(=O)N[C@H]1Cc2ccccc2[C@H]1Cc1ccc2c(c1C(=O)O)OC[C@H](CCC(=O)O)O2. The molecule has 0 unspecified atom stereocenters. The predicted molar refractivity (Wildman–Crippen MR) is 132 cm³/mol. The van der Waals surface area contributed by atoms with E-state index in [0.29, 0.717) is 37.1 Å². The molecule has 9 heteroatoms. The molecule has 2 aromatic rings. The molecule has 0 saturated carbocycles. The number of fused-ring (bicyclic) bond motifs is 2. The number of carbonyl (C=O) groups excluding carboxylic acids is 1. The third-order valence-corrected chi connectivity index (χ3v) is 6.83. The fraction of sp³-hybridized carbons (Fsp3) is 0.444. The van der Waals surface area contributed by atoms with Gasteiger partial charge in [0.2, 0.25) is 5.91 Å². The standard InChI is InChI=1S/C27H32N2O7/c28-12-4-3-7-23(30)29-21-14-16-5-1-2-6-19(16)20(21)13-17-8-10-22-26(25(17)27(33)34)35-15-18(36-22)9-11-24(31)32/h1-2,5-6,8,10,18,20-21H,3-4,7,9,11-15,28H2,(H,29,30)(H,31,32)(H,33,34)/t18-,20+,21-/m0/s1. The molecular formula is C27H32N2O7. The molecule has 2 aromatic carbocycles. The molecule has 0 saturated heterocycles. The lowest BCUT2D eigenvalue weighted by atomic mass is 9.88. The number of nitrogens with one attached hydrogen (secondary N) is 1. The van der Waals surface area contributed by atoms with Crippen LogP contribution < -0.4 is 20.5 Å². The highest BCUT2D eigenvalue weighted by molar-refractivity contribution is 5.94. The van der Waals surface area contributed by atoms with Crippen LogP contribution in [-0.2, 0) is 22.4 Å². The van der Waals surface area contributed by atoms with Crippen molar-refractivity contribution < 1.29 is 34.1 Å². The topological polar surface area (TPSA) is 148 Å². The number of carbonyl (C=O) groups is 3. The van der Waals surface area contributed by atoms with Crippen LogP contribution >= 0.6 is 0 Å². The lowest BCUT2D eigenvalue weighted by molar-refractivity contribution is -0.137. The van der Waals surface area contributed by atoms with E-state index < -0.39 is 18.0 Å². The van der Waals surface area contributed by atoms with Crippen LogP contribution in [0.5, 0.6) is 11.5 Å². The van der Waals surface area contributed by atoms with Gasteiger partial charge in [-0.15, -0.1) is 0 Å². The Morgan fingerprint density at radius 2 is 1.86 bits per heavy atom. The summed E-state index contributed by atoms with van der Waals surface area (Å²) >= 11 is 0. The number of aliphatic carboxylic acids is 1. The van der Waals surface area contributed by atoms with E-state index in [1.807, 2.05) is 24.3 Å². The van der Waals surface area contributed by atoms with Crippen molar-refractivity contribution in [2.45, 2.75) is 63.0 Å². The fourth-order valence-electron chi connectivity index (χ4n) is 5.09. The highest BCUT2D eigenvalue weighted by Gasteiger charge is 2.36. The zero-order valence-corrected chi connectivity index (χ0v) is 20.1. The molecule has 192 valence electrons. The van der Waals surface area contributed by atoms with E-state index in [-0.39, 0.29) is 48.6 Å². The maximum atomic E-state index is 12.6. The van der Waals surface area contributed by atoms with Crippen LogP contribution in [0.15, 0.2) is 36.4 Å². The number of unbranched alkanes of at least 4 members (excludes halogenated alkanes) is 1. The smallest absolute Gasteiger partial charge is 0.339 e. The van der Waals surface area contributed by atoms with E-state index in [9.17, 15) is 19.5 Å². The lowest BCUT2D eigenvalue weighted by Crippen LogP contribution is -2.38. The summed E-state index contributed by atoms with van der Waals surface area (Å²) in [6.07, 6.45) is 2.76. The normalized spacial score (nSPS) is 20.0. The zero-order valence-electron chi connectivity index (χ0n) is 20.1. The summed E-state index contributed by atoms with van der Waals surface area (Å²) in [4.78, 5) is 35.8. The van der Waals surface area contributed by atoms with E-state index in [0.717, 1.165) is 24.0 Å². The molecule has 0 spiro atoms. The van der Waals surface area contributed by atoms with Crippen molar-refractivity contribution in [3.63, 3.8) is 0 Å². The maximum Gasteiger partial charge on any atom is 0.339 e. The largest absolute Gasteiger partial charge is 0.485 e. The Balaban J connectivity index is 1.57. The number of rotatable bonds is 11. The first-order chi connectivity index (χ1) is 17.4. The lowest BCUT2D eigenvalue weighted by Gasteiger charge is -2.29. The second kappa shape index (κ2) is 11.4. The van der Waals surface area contributed by atoms with E-state index in [1.165, 1.54) is 0 Å². The van der Waals surface area contributed by atoms with Crippen molar-refractivity contribution in [2.24, 2.45) is 5.73 Å². The van der Waals surface area contributed by atoms with Gasteiger partial charge in [0.25, 0.3) is 0 Å². The van der Waals surface area contributed by atoms with Crippen molar-refractivity contribution in [1.29, 1.82) is 0 Å². The van der Waals surface area contributed by atoms with E-state index in [2.05, 4.69) is 5.32 Å². The minimum Gasteiger partial charge on any atom is -0.485 e. The molecule has 0 aromatic heterocycles. The third-order valence-electron chi connectivity index (χ3n) is 6.83. The van der Waals surface area contributed by atoms with Gasteiger partial charge >= 0.3 is 11.9 Å². The number of carboxylic acids is 2. The van der Waals surface area contributed by atoms with Crippen LogP contribution in [0, 0.1) is 0 Å². The van der Waals surface area contributed by atoms with Gasteiger partial charge in [-0.2, -0.15) is 0 Å². The Morgan fingerprint density at radius 1 is 1.06 bits per heavy atom. The number of benzene rings is 2. The minimum absolute atomic E-state index is 0.0284. The van der Waals surface area contributed by atoms with Crippen molar-refractivity contribution in [3.8, 4) is 11.5 Å². The summed E-state index contributed by atoms with van der Waals surface area (Å²) in [6.45, 7) is 0.630. The molecule has 0 radical (unpaired) electrons. The van der Waals surface area contributed by atoms with Gasteiger partial charge in [0, 0.05) is 24.8 Å². The van der Waals surface area contributed by atoms with Gasteiger partial charge in [0.1, 0.15) is 18.3 Å². The van der Waals surface area contributed by atoms with Crippen LogP contribution in [0.3, 0.4) is 0 Å². The van der Waals surface area contributed by atoms with Crippen LogP contribution in [0.1, 0.15) is 65.1 Å². The average Bonchev–Trinajstić information content (AvgIpc) is 3.19. The van der Waals surface area contributed by atoms with Gasteiger partial charge in [-0.25, -0.2) is 4.79 Å². The van der Waals surface area contributed by atoms with Gasteiger partial charge in [0.05, 0.1) is 0 Å².